The lowest BCUT2D eigenvalue weighted by atomic mass is 9.97. The highest BCUT2D eigenvalue weighted by molar-refractivity contribution is 5.81. The maximum Gasteiger partial charge on any atom is 0.311 e. The fourth-order valence-corrected chi connectivity index (χ4v) is 3.93. The van der Waals surface area contributed by atoms with Crippen molar-refractivity contribution in [2.75, 3.05) is 24.6 Å². The van der Waals surface area contributed by atoms with E-state index >= 15 is 0 Å². The Balaban J connectivity index is 1.42. The molecule has 3 rings (SSSR count). The third-order valence-electron chi connectivity index (χ3n) is 5.41. The lowest BCUT2D eigenvalue weighted by molar-refractivity contribution is -0.153. The fourth-order valence-electron chi connectivity index (χ4n) is 3.93. The first-order valence-electron chi connectivity index (χ1n) is 10.2. The van der Waals surface area contributed by atoms with Gasteiger partial charge in [0.25, 0.3) is 5.91 Å². The zero-order valence-electron chi connectivity index (χ0n) is 15.9. The minimum atomic E-state index is -0.302. The van der Waals surface area contributed by atoms with Gasteiger partial charge in [-0.05, 0) is 31.7 Å². The van der Waals surface area contributed by atoms with Gasteiger partial charge in [-0.25, -0.2) is 9.97 Å². The van der Waals surface area contributed by atoms with Crippen molar-refractivity contribution in [3.8, 4) is 0 Å². The minimum absolute atomic E-state index is 0.187. The number of ether oxygens (including phenoxy) is 1. The number of anilines is 1. The van der Waals surface area contributed by atoms with E-state index in [-0.39, 0.29) is 30.4 Å². The van der Waals surface area contributed by atoms with E-state index in [1.165, 1.54) is 19.3 Å². The number of carbonyl (C=O) groups excluding carboxylic acids is 2. The van der Waals surface area contributed by atoms with Gasteiger partial charge in [0.05, 0.1) is 5.92 Å². The van der Waals surface area contributed by atoms with Crippen molar-refractivity contribution < 1.29 is 14.3 Å². The molecule has 2 aliphatic rings. The molecule has 0 aromatic carbocycles. The second-order valence-corrected chi connectivity index (χ2v) is 7.55. The standard InChI is InChI=1S/C20H30N4O3/c25-18(23-17-9-4-2-1-3-5-10-17)15-27-19(26)16-8-6-13-24(14-16)20-21-11-7-12-22-20/h7,11-12,16-17H,1-6,8-10,13-15H2,(H,23,25)/t16-/m1/s1. The van der Waals surface area contributed by atoms with Crippen LogP contribution in [0.25, 0.3) is 0 Å². The summed E-state index contributed by atoms with van der Waals surface area (Å²) in [4.78, 5) is 35.1. The highest BCUT2D eigenvalue weighted by Crippen LogP contribution is 2.21. The molecular formula is C20H30N4O3. The van der Waals surface area contributed by atoms with Crippen LogP contribution in [0, 0.1) is 5.92 Å². The van der Waals surface area contributed by atoms with Gasteiger partial charge in [-0.15, -0.1) is 0 Å². The summed E-state index contributed by atoms with van der Waals surface area (Å²) in [6.07, 6.45) is 13.2. The van der Waals surface area contributed by atoms with E-state index in [0.717, 1.165) is 45.1 Å². The molecule has 27 heavy (non-hydrogen) atoms. The summed E-state index contributed by atoms with van der Waals surface area (Å²) in [5, 5.41) is 3.03. The lowest BCUT2D eigenvalue weighted by Crippen LogP contribution is -2.42. The van der Waals surface area contributed by atoms with Crippen LogP contribution in [-0.2, 0) is 14.3 Å². The predicted octanol–water partition coefficient (Wildman–Crippen LogP) is 2.47. The molecule has 2 fully saturated rings. The molecule has 1 aromatic rings. The number of aromatic nitrogens is 2. The normalized spacial score (nSPS) is 21.8. The number of esters is 1. The van der Waals surface area contributed by atoms with E-state index in [2.05, 4.69) is 15.3 Å². The molecule has 1 amide bonds. The number of rotatable bonds is 5. The Morgan fingerprint density at radius 2 is 1.74 bits per heavy atom. The quantitative estimate of drug-likeness (QED) is 0.797. The van der Waals surface area contributed by atoms with Gasteiger partial charge in [-0.2, -0.15) is 0 Å². The topological polar surface area (TPSA) is 84.4 Å². The van der Waals surface area contributed by atoms with Crippen molar-refractivity contribution in [3.05, 3.63) is 18.5 Å². The maximum atomic E-state index is 12.4. The van der Waals surface area contributed by atoms with Gasteiger partial charge in [0.1, 0.15) is 0 Å². The Labute approximate surface area is 160 Å². The molecule has 0 spiro atoms. The first kappa shape index (κ1) is 19.6. The van der Waals surface area contributed by atoms with Crippen molar-refractivity contribution in [1.29, 1.82) is 0 Å². The molecule has 1 aromatic heterocycles. The summed E-state index contributed by atoms with van der Waals surface area (Å²) in [6.45, 7) is 1.18. The van der Waals surface area contributed by atoms with Crippen LogP contribution in [0.2, 0.25) is 0 Å². The molecule has 7 heteroatoms. The largest absolute Gasteiger partial charge is 0.455 e. The smallest absolute Gasteiger partial charge is 0.311 e. The second-order valence-electron chi connectivity index (χ2n) is 7.55. The van der Waals surface area contributed by atoms with E-state index in [4.69, 9.17) is 4.74 Å². The molecule has 0 radical (unpaired) electrons. The van der Waals surface area contributed by atoms with Crippen LogP contribution in [-0.4, -0.2) is 47.6 Å². The van der Waals surface area contributed by atoms with Crippen molar-refractivity contribution in [2.45, 2.75) is 63.8 Å². The molecule has 7 nitrogen and oxygen atoms in total. The highest BCUT2D eigenvalue weighted by atomic mass is 16.5. The number of nitrogens with one attached hydrogen (secondary N) is 1. The number of carbonyl (C=O) groups is 2. The summed E-state index contributed by atoms with van der Waals surface area (Å²) in [5.74, 6) is -0.0924. The Hall–Kier alpha value is -2.18. The Kier molecular flexibility index (Phi) is 7.42. The molecule has 1 atom stereocenters. The first-order valence-corrected chi connectivity index (χ1v) is 10.2. The Morgan fingerprint density at radius 1 is 1.04 bits per heavy atom. The van der Waals surface area contributed by atoms with Gasteiger partial charge in [0, 0.05) is 31.5 Å². The number of amides is 1. The Bertz CT molecular complexity index is 603. The van der Waals surface area contributed by atoms with E-state index in [0.29, 0.717) is 12.5 Å². The van der Waals surface area contributed by atoms with Crippen LogP contribution >= 0.6 is 0 Å². The van der Waals surface area contributed by atoms with Crippen LogP contribution in [0.15, 0.2) is 18.5 Å². The first-order chi connectivity index (χ1) is 13.2. The van der Waals surface area contributed by atoms with Crippen molar-refractivity contribution in [1.82, 2.24) is 15.3 Å². The number of hydrogen-bond acceptors (Lipinski definition) is 6. The highest BCUT2D eigenvalue weighted by Gasteiger charge is 2.28. The average molecular weight is 374 g/mol. The molecule has 1 saturated heterocycles. The molecular weight excluding hydrogens is 344 g/mol. The molecule has 0 unspecified atom stereocenters. The van der Waals surface area contributed by atoms with E-state index < -0.39 is 0 Å². The van der Waals surface area contributed by atoms with Crippen molar-refractivity contribution >= 4 is 17.8 Å². The minimum Gasteiger partial charge on any atom is -0.455 e. The van der Waals surface area contributed by atoms with Gasteiger partial charge in [-0.1, -0.05) is 32.1 Å². The SMILES string of the molecule is O=C(COC(=O)[C@@H]1CCCN(c2ncccn2)C1)NC1CCCCCCC1. The summed E-state index contributed by atoms with van der Waals surface area (Å²) >= 11 is 0. The molecule has 2 heterocycles. The van der Waals surface area contributed by atoms with Crippen molar-refractivity contribution in [2.24, 2.45) is 5.92 Å². The van der Waals surface area contributed by atoms with Gasteiger partial charge in [0.15, 0.2) is 6.61 Å². The zero-order chi connectivity index (χ0) is 18.9. The third-order valence-corrected chi connectivity index (χ3v) is 5.41. The van der Waals surface area contributed by atoms with Gasteiger partial charge in [-0.3, -0.25) is 9.59 Å². The van der Waals surface area contributed by atoms with Crippen LogP contribution in [0.4, 0.5) is 5.95 Å². The number of nitrogens with zero attached hydrogens (tertiary/aromatic N) is 3. The van der Waals surface area contributed by atoms with Crippen LogP contribution in [0.1, 0.15) is 57.8 Å². The summed E-state index contributed by atoms with van der Waals surface area (Å²) in [7, 11) is 0. The van der Waals surface area contributed by atoms with E-state index in [1.807, 2.05) is 4.90 Å². The average Bonchev–Trinajstić information content (AvgIpc) is 2.69. The summed E-state index contributed by atoms with van der Waals surface area (Å²) < 4.78 is 5.31. The summed E-state index contributed by atoms with van der Waals surface area (Å²) in [6, 6.07) is 1.99. The predicted molar refractivity (Wildman–Crippen MR) is 102 cm³/mol. The molecule has 0 bridgehead atoms. The molecule has 1 aliphatic heterocycles. The number of piperidine rings is 1. The monoisotopic (exact) mass is 374 g/mol. The van der Waals surface area contributed by atoms with Gasteiger partial charge >= 0.3 is 5.97 Å². The molecule has 1 saturated carbocycles. The third kappa shape index (κ3) is 6.19. The van der Waals surface area contributed by atoms with Gasteiger partial charge < -0.3 is 15.0 Å². The fraction of sp³-hybridized carbons (Fsp3) is 0.700. The lowest BCUT2D eigenvalue weighted by Gasteiger charge is -2.31. The Morgan fingerprint density at radius 3 is 2.48 bits per heavy atom. The van der Waals surface area contributed by atoms with Crippen LogP contribution in [0.5, 0.6) is 0 Å². The van der Waals surface area contributed by atoms with Crippen molar-refractivity contribution in [3.63, 3.8) is 0 Å². The van der Waals surface area contributed by atoms with Crippen LogP contribution in [0.3, 0.4) is 0 Å². The molecule has 1 N–H and O–H groups in total. The van der Waals surface area contributed by atoms with E-state index in [9.17, 15) is 9.59 Å². The van der Waals surface area contributed by atoms with E-state index in [1.54, 1.807) is 18.5 Å². The van der Waals surface area contributed by atoms with Crippen LogP contribution < -0.4 is 10.2 Å². The number of hydrogen-bond donors (Lipinski definition) is 1. The van der Waals surface area contributed by atoms with Gasteiger partial charge in [0.2, 0.25) is 5.95 Å². The zero-order valence-corrected chi connectivity index (χ0v) is 15.9. The maximum absolute atomic E-state index is 12.4. The summed E-state index contributed by atoms with van der Waals surface area (Å²) in [5.41, 5.74) is 0. The molecule has 148 valence electrons. The molecule has 1 aliphatic carbocycles. The second kappa shape index (κ2) is 10.2.